The highest BCUT2D eigenvalue weighted by Gasteiger charge is 2.56. The summed E-state index contributed by atoms with van der Waals surface area (Å²) in [7, 11) is 0. The summed E-state index contributed by atoms with van der Waals surface area (Å²) in [6, 6.07) is 0. The molecule has 2 heteroatoms. The smallest absolute Gasteiger partial charge is 0.142 e. The Kier molecular flexibility index (Phi) is 2.22. The van der Waals surface area contributed by atoms with Crippen LogP contribution in [0.2, 0.25) is 0 Å². The third-order valence-electron chi connectivity index (χ3n) is 4.04. The van der Waals surface area contributed by atoms with Gasteiger partial charge in [-0.3, -0.25) is 4.79 Å². The standard InChI is InChI=1S/C12H21NO/c1-11(2,3)9-8-12(10(9)14)4-6-13-7-5-12/h9,13H,4-8H2,1-3H3. The molecule has 0 bridgehead atoms. The van der Waals surface area contributed by atoms with Crippen molar-refractivity contribution in [2.75, 3.05) is 13.1 Å². The summed E-state index contributed by atoms with van der Waals surface area (Å²) < 4.78 is 0. The Hall–Kier alpha value is -0.370. The first-order valence-corrected chi connectivity index (χ1v) is 5.71. The molecule has 0 aromatic rings. The van der Waals surface area contributed by atoms with Crippen molar-refractivity contribution in [1.82, 2.24) is 5.32 Å². The Morgan fingerprint density at radius 2 is 1.86 bits per heavy atom. The molecular formula is C12H21NO. The molecule has 1 atom stereocenters. The summed E-state index contributed by atoms with van der Waals surface area (Å²) in [5.41, 5.74) is 0.260. The molecule has 0 aromatic heterocycles. The number of Topliss-reactive ketones (excluding diaryl/α,β-unsaturated/α-hetero) is 1. The number of carbonyl (C=O) groups is 1. The lowest BCUT2D eigenvalue weighted by Crippen LogP contribution is -2.57. The second kappa shape index (κ2) is 3.06. The van der Waals surface area contributed by atoms with E-state index in [1.54, 1.807) is 0 Å². The van der Waals surface area contributed by atoms with E-state index in [4.69, 9.17) is 0 Å². The van der Waals surface area contributed by atoms with Gasteiger partial charge in [0.15, 0.2) is 0 Å². The van der Waals surface area contributed by atoms with E-state index >= 15 is 0 Å². The van der Waals surface area contributed by atoms with Gasteiger partial charge in [0.2, 0.25) is 0 Å². The normalized spacial score (nSPS) is 31.6. The van der Waals surface area contributed by atoms with Crippen LogP contribution >= 0.6 is 0 Å². The maximum Gasteiger partial charge on any atom is 0.142 e. The van der Waals surface area contributed by atoms with E-state index in [1.165, 1.54) is 0 Å². The van der Waals surface area contributed by atoms with Crippen LogP contribution in [0.5, 0.6) is 0 Å². The first kappa shape index (κ1) is 10.2. The number of piperidine rings is 1. The Labute approximate surface area is 86.5 Å². The summed E-state index contributed by atoms with van der Waals surface area (Å²) in [6.07, 6.45) is 3.27. The number of hydrogen-bond donors (Lipinski definition) is 1. The van der Waals surface area contributed by atoms with E-state index in [0.717, 1.165) is 32.4 Å². The quantitative estimate of drug-likeness (QED) is 0.640. The average molecular weight is 195 g/mol. The molecule has 1 heterocycles. The molecule has 2 aliphatic rings. The van der Waals surface area contributed by atoms with Gasteiger partial charge < -0.3 is 5.32 Å². The number of ketones is 1. The molecule has 0 amide bonds. The molecule has 1 saturated heterocycles. The highest BCUT2D eigenvalue weighted by Crippen LogP contribution is 2.54. The molecule has 0 radical (unpaired) electrons. The Morgan fingerprint density at radius 1 is 1.29 bits per heavy atom. The Bertz CT molecular complexity index is 246. The van der Waals surface area contributed by atoms with E-state index in [2.05, 4.69) is 26.1 Å². The van der Waals surface area contributed by atoms with Crippen LogP contribution in [0, 0.1) is 16.7 Å². The molecule has 1 saturated carbocycles. The second-order valence-corrected chi connectivity index (χ2v) is 6.02. The van der Waals surface area contributed by atoms with Gasteiger partial charge in [-0.1, -0.05) is 20.8 Å². The van der Waals surface area contributed by atoms with Crippen LogP contribution < -0.4 is 5.32 Å². The van der Waals surface area contributed by atoms with E-state index < -0.39 is 0 Å². The Balaban J connectivity index is 2.05. The van der Waals surface area contributed by atoms with E-state index in [1.807, 2.05) is 0 Å². The lowest BCUT2D eigenvalue weighted by atomic mass is 9.51. The van der Waals surface area contributed by atoms with Crippen LogP contribution in [0.25, 0.3) is 0 Å². The minimum Gasteiger partial charge on any atom is -0.317 e. The molecule has 2 fully saturated rings. The van der Waals surface area contributed by atoms with E-state index in [0.29, 0.717) is 11.7 Å². The number of rotatable bonds is 0. The van der Waals surface area contributed by atoms with Crippen molar-refractivity contribution >= 4 is 5.78 Å². The molecule has 2 rings (SSSR count). The van der Waals surface area contributed by atoms with Gasteiger partial charge >= 0.3 is 0 Å². The molecule has 0 aromatic carbocycles. The summed E-state index contributed by atoms with van der Waals surface area (Å²) >= 11 is 0. The zero-order valence-corrected chi connectivity index (χ0v) is 9.52. The number of hydrogen-bond acceptors (Lipinski definition) is 2. The SMILES string of the molecule is CC(C)(C)C1CC2(CCNCC2)C1=O. The molecule has 14 heavy (non-hydrogen) atoms. The van der Waals surface area contributed by atoms with E-state index in [9.17, 15) is 4.79 Å². The third kappa shape index (κ3) is 1.40. The van der Waals surface area contributed by atoms with Gasteiger partial charge in [-0.2, -0.15) is 0 Å². The predicted octanol–water partition coefficient (Wildman–Crippen LogP) is 1.99. The van der Waals surface area contributed by atoms with Gasteiger partial charge in [-0.05, 0) is 37.8 Å². The van der Waals surface area contributed by atoms with Crippen LogP contribution in [0.15, 0.2) is 0 Å². The summed E-state index contributed by atoms with van der Waals surface area (Å²) in [5, 5.41) is 3.33. The van der Waals surface area contributed by atoms with Crippen molar-refractivity contribution in [2.45, 2.75) is 40.0 Å². The monoisotopic (exact) mass is 195 g/mol. The first-order chi connectivity index (χ1) is 6.46. The number of nitrogens with one attached hydrogen (secondary N) is 1. The summed E-state index contributed by atoms with van der Waals surface area (Å²) in [6.45, 7) is 8.61. The molecule has 1 aliphatic heterocycles. The van der Waals surface area contributed by atoms with Gasteiger partial charge in [0.25, 0.3) is 0 Å². The van der Waals surface area contributed by atoms with Crippen LogP contribution in [0.3, 0.4) is 0 Å². The van der Waals surface area contributed by atoms with Gasteiger partial charge in [0.05, 0.1) is 0 Å². The predicted molar refractivity (Wildman–Crippen MR) is 57.1 cm³/mol. The van der Waals surface area contributed by atoms with Crippen molar-refractivity contribution in [1.29, 1.82) is 0 Å². The highest BCUT2D eigenvalue weighted by molar-refractivity contribution is 5.93. The molecular weight excluding hydrogens is 174 g/mol. The van der Waals surface area contributed by atoms with Gasteiger partial charge in [-0.25, -0.2) is 0 Å². The fourth-order valence-electron chi connectivity index (χ4n) is 2.88. The van der Waals surface area contributed by atoms with Crippen molar-refractivity contribution in [3.8, 4) is 0 Å². The maximum absolute atomic E-state index is 12.2. The topological polar surface area (TPSA) is 29.1 Å². The number of carbonyl (C=O) groups excluding carboxylic acids is 1. The minimum absolute atomic E-state index is 0.0865. The average Bonchev–Trinajstić information content (AvgIpc) is 2.14. The summed E-state index contributed by atoms with van der Waals surface area (Å²) in [5.74, 6) is 0.868. The minimum atomic E-state index is 0.0865. The highest BCUT2D eigenvalue weighted by atomic mass is 16.1. The van der Waals surface area contributed by atoms with Gasteiger partial charge in [0.1, 0.15) is 5.78 Å². The maximum atomic E-state index is 12.2. The fraction of sp³-hybridized carbons (Fsp3) is 0.917. The van der Waals surface area contributed by atoms with Crippen molar-refractivity contribution in [2.24, 2.45) is 16.7 Å². The third-order valence-corrected chi connectivity index (χ3v) is 4.04. The molecule has 1 N–H and O–H groups in total. The molecule has 2 nitrogen and oxygen atoms in total. The van der Waals surface area contributed by atoms with Crippen LogP contribution in [-0.4, -0.2) is 18.9 Å². The first-order valence-electron chi connectivity index (χ1n) is 5.71. The molecule has 1 aliphatic carbocycles. The molecule has 1 spiro atoms. The summed E-state index contributed by atoms with van der Waals surface area (Å²) in [4.78, 5) is 12.2. The van der Waals surface area contributed by atoms with Gasteiger partial charge in [-0.15, -0.1) is 0 Å². The van der Waals surface area contributed by atoms with Crippen molar-refractivity contribution < 1.29 is 4.79 Å². The van der Waals surface area contributed by atoms with Crippen molar-refractivity contribution in [3.05, 3.63) is 0 Å². The van der Waals surface area contributed by atoms with Crippen LogP contribution in [0.1, 0.15) is 40.0 Å². The lowest BCUT2D eigenvalue weighted by Gasteiger charge is -2.52. The van der Waals surface area contributed by atoms with E-state index in [-0.39, 0.29) is 10.8 Å². The fourth-order valence-corrected chi connectivity index (χ4v) is 2.88. The molecule has 80 valence electrons. The Morgan fingerprint density at radius 3 is 2.29 bits per heavy atom. The zero-order chi connectivity index (χ0) is 10.4. The van der Waals surface area contributed by atoms with Crippen molar-refractivity contribution in [3.63, 3.8) is 0 Å². The molecule has 1 unspecified atom stereocenters. The lowest BCUT2D eigenvalue weighted by molar-refractivity contribution is -0.155. The largest absolute Gasteiger partial charge is 0.317 e. The second-order valence-electron chi connectivity index (χ2n) is 6.02. The zero-order valence-electron chi connectivity index (χ0n) is 9.52. The van der Waals surface area contributed by atoms with Gasteiger partial charge in [0, 0.05) is 11.3 Å². The van der Waals surface area contributed by atoms with Crippen LogP contribution in [0.4, 0.5) is 0 Å². The van der Waals surface area contributed by atoms with Crippen LogP contribution in [-0.2, 0) is 4.79 Å².